The number of aliphatic hydroxyl groups is 1. The Morgan fingerprint density at radius 3 is 2.38 bits per heavy atom. The lowest BCUT2D eigenvalue weighted by molar-refractivity contribution is -0.131. The minimum Gasteiger partial charge on any atom is -0.393 e. The summed E-state index contributed by atoms with van der Waals surface area (Å²) in [6, 6.07) is 5.90. The Labute approximate surface area is 157 Å². The number of benzene rings is 1. The number of hydroxylamine groups is 1. The molecule has 1 aromatic carbocycles. The van der Waals surface area contributed by atoms with Crippen LogP contribution in [0, 0.1) is 17.8 Å². The number of rotatable bonds is 5. The quantitative estimate of drug-likeness (QED) is 0.355. The highest BCUT2D eigenvalue weighted by Crippen LogP contribution is 2.27. The number of nitrogens with one attached hydrogen (secondary N) is 2. The Bertz CT molecular complexity index is 715. The van der Waals surface area contributed by atoms with Gasteiger partial charge in [0.25, 0.3) is 11.8 Å². The molecule has 0 aliphatic heterocycles. The van der Waals surface area contributed by atoms with Crippen molar-refractivity contribution in [1.29, 1.82) is 0 Å². The maximum absolute atomic E-state index is 12.5. The van der Waals surface area contributed by atoms with Gasteiger partial charge in [-0.25, -0.2) is 5.48 Å². The van der Waals surface area contributed by atoms with Crippen molar-refractivity contribution in [3.63, 3.8) is 0 Å². The molecular formula is C19H24N2O4S. The highest BCUT2D eigenvalue weighted by molar-refractivity contribution is 8.00. The minimum absolute atomic E-state index is 0.227. The summed E-state index contributed by atoms with van der Waals surface area (Å²) >= 11 is 1.41. The van der Waals surface area contributed by atoms with E-state index in [1.165, 1.54) is 11.8 Å². The van der Waals surface area contributed by atoms with Gasteiger partial charge in [-0.1, -0.05) is 11.8 Å². The number of carbonyl (C=O) groups is 2. The highest BCUT2D eigenvalue weighted by atomic mass is 32.2. The van der Waals surface area contributed by atoms with Gasteiger partial charge in [-0.3, -0.25) is 14.8 Å². The van der Waals surface area contributed by atoms with Crippen LogP contribution in [0.1, 0.15) is 42.6 Å². The van der Waals surface area contributed by atoms with Crippen molar-refractivity contribution in [2.24, 2.45) is 5.92 Å². The van der Waals surface area contributed by atoms with E-state index in [4.69, 9.17) is 5.21 Å². The molecule has 0 unspecified atom stereocenters. The van der Waals surface area contributed by atoms with E-state index >= 15 is 0 Å². The maximum Gasteiger partial charge on any atom is 0.267 e. The molecule has 0 heterocycles. The number of amides is 2. The third kappa shape index (κ3) is 5.01. The molecule has 1 aliphatic carbocycles. The summed E-state index contributed by atoms with van der Waals surface area (Å²) in [5.41, 5.74) is 2.80. The second-order valence-electron chi connectivity index (χ2n) is 6.86. The molecule has 0 bridgehead atoms. The fourth-order valence-corrected chi connectivity index (χ4v) is 2.95. The number of aliphatic hydroxyl groups excluding tert-OH is 1. The maximum atomic E-state index is 12.5. The fourth-order valence-electron chi connectivity index (χ4n) is 2.55. The molecule has 1 atom stereocenters. The van der Waals surface area contributed by atoms with E-state index < -0.39 is 22.6 Å². The van der Waals surface area contributed by atoms with Crippen molar-refractivity contribution in [2.45, 2.75) is 43.6 Å². The molecule has 0 aromatic heterocycles. The van der Waals surface area contributed by atoms with Crippen molar-refractivity contribution in [3.05, 3.63) is 35.4 Å². The zero-order valence-electron chi connectivity index (χ0n) is 15.1. The normalized spacial score (nSPS) is 20.2. The Hall–Kier alpha value is -2.01. The summed E-state index contributed by atoms with van der Waals surface area (Å²) in [6.07, 6.45) is 3.04. The van der Waals surface area contributed by atoms with Crippen LogP contribution < -0.4 is 10.8 Å². The number of thioether (sulfide) groups is 1. The summed E-state index contributed by atoms with van der Waals surface area (Å²) in [5, 5.41) is 20.9. The second kappa shape index (κ2) is 8.58. The summed E-state index contributed by atoms with van der Waals surface area (Å²) in [6.45, 7) is 3.63. The van der Waals surface area contributed by atoms with Crippen molar-refractivity contribution < 1.29 is 19.9 Å². The Morgan fingerprint density at radius 1 is 1.27 bits per heavy atom. The van der Waals surface area contributed by atoms with Crippen molar-refractivity contribution in [1.82, 2.24) is 10.8 Å². The number of hydrogen-bond acceptors (Lipinski definition) is 5. The zero-order chi connectivity index (χ0) is 19.3. The lowest BCUT2D eigenvalue weighted by Crippen LogP contribution is -2.55. The van der Waals surface area contributed by atoms with E-state index in [1.807, 2.05) is 20.1 Å². The van der Waals surface area contributed by atoms with Crippen LogP contribution in [-0.2, 0) is 4.79 Å². The van der Waals surface area contributed by atoms with Gasteiger partial charge in [0.05, 0.1) is 6.10 Å². The first-order valence-corrected chi connectivity index (χ1v) is 9.59. The van der Waals surface area contributed by atoms with E-state index in [2.05, 4.69) is 17.2 Å². The van der Waals surface area contributed by atoms with Crippen LogP contribution in [0.3, 0.4) is 0 Å². The lowest BCUT2D eigenvalue weighted by atomic mass is 9.83. The Morgan fingerprint density at radius 2 is 1.88 bits per heavy atom. The van der Waals surface area contributed by atoms with Crippen LogP contribution in [0.4, 0.5) is 0 Å². The van der Waals surface area contributed by atoms with Gasteiger partial charge in [-0.05, 0) is 57.2 Å². The first-order valence-electron chi connectivity index (χ1n) is 8.36. The van der Waals surface area contributed by atoms with Gasteiger partial charge >= 0.3 is 0 Å². The molecule has 6 nitrogen and oxygen atoms in total. The first kappa shape index (κ1) is 20.3. The van der Waals surface area contributed by atoms with Gasteiger partial charge in [0, 0.05) is 21.8 Å². The fraction of sp³-hybridized carbons (Fsp3) is 0.474. The Balaban J connectivity index is 2.05. The monoisotopic (exact) mass is 376 g/mol. The van der Waals surface area contributed by atoms with Crippen molar-refractivity contribution in [3.8, 4) is 11.8 Å². The van der Waals surface area contributed by atoms with Gasteiger partial charge in [0.2, 0.25) is 0 Å². The number of carbonyl (C=O) groups excluding carboxylic acids is 2. The third-order valence-corrected chi connectivity index (χ3v) is 5.84. The van der Waals surface area contributed by atoms with E-state index in [1.54, 1.807) is 29.7 Å². The first-order chi connectivity index (χ1) is 12.3. The third-order valence-electron chi connectivity index (χ3n) is 4.55. The summed E-state index contributed by atoms with van der Waals surface area (Å²) in [5.74, 6) is 5.32. The van der Waals surface area contributed by atoms with Crippen LogP contribution in [0.2, 0.25) is 0 Å². The number of hydrogen-bond donors (Lipinski definition) is 4. The molecule has 4 N–H and O–H groups in total. The highest BCUT2D eigenvalue weighted by Gasteiger charge is 2.36. The molecule has 0 spiro atoms. The topological polar surface area (TPSA) is 98.7 Å². The van der Waals surface area contributed by atoms with E-state index in [0.717, 1.165) is 5.56 Å². The van der Waals surface area contributed by atoms with Crippen molar-refractivity contribution >= 4 is 23.6 Å². The molecule has 0 saturated heterocycles. The van der Waals surface area contributed by atoms with E-state index in [0.29, 0.717) is 18.4 Å². The Kier molecular flexibility index (Phi) is 6.70. The molecule has 7 heteroatoms. The predicted molar refractivity (Wildman–Crippen MR) is 101 cm³/mol. The standard InChI is InChI=1S/C19H24N2O4S/c1-19(2,26-3)16(18(24)21-25)20-17(23)14-8-6-12(7-9-14)4-5-13-10-15(22)11-13/h6-9,13,15-16,22,25H,10-11H2,1-3H3,(H,20,23)(H,21,24)/t13?,15?,16-/m1/s1. The molecule has 1 fully saturated rings. The van der Waals surface area contributed by atoms with E-state index in [9.17, 15) is 14.7 Å². The minimum atomic E-state index is -0.889. The molecule has 2 rings (SSSR count). The molecular weight excluding hydrogens is 352 g/mol. The van der Waals surface area contributed by atoms with Crippen LogP contribution in [0.25, 0.3) is 0 Å². The average Bonchev–Trinajstić information content (AvgIpc) is 2.61. The summed E-state index contributed by atoms with van der Waals surface area (Å²) < 4.78 is -0.596. The van der Waals surface area contributed by atoms with E-state index in [-0.39, 0.29) is 12.0 Å². The average molecular weight is 376 g/mol. The molecule has 1 saturated carbocycles. The van der Waals surface area contributed by atoms with Crippen LogP contribution in [0.15, 0.2) is 24.3 Å². The molecule has 2 amide bonds. The molecule has 26 heavy (non-hydrogen) atoms. The van der Waals surface area contributed by atoms with Crippen molar-refractivity contribution in [2.75, 3.05) is 6.26 Å². The summed E-state index contributed by atoms with van der Waals surface area (Å²) in [7, 11) is 0. The smallest absolute Gasteiger partial charge is 0.267 e. The molecule has 1 aliphatic rings. The molecule has 140 valence electrons. The SMILES string of the molecule is CSC(C)(C)[C@H](NC(=O)c1ccc(C#CC2CC(O)C2)cc1)C(=O)NO. The zero-order valence-corrected chi connectivity index (χ0v) is 15.9. The summed E-state index contributed by atoms with van der Waals surface area (Å²) in [4.78, 5) is 24.4. The largest absolute Gasteiger partial charge is 0.393 e. The lowest BCUT2D eigenvalue weighted by Gasteiger charge is -2.31. The van der Waals surface area contributed by atoms with Gasteiger partial charge in [-0.2, -0.15) is 11.8 Å². The van der Waals surface area contributed by atoms with Crippen LogP contribution in [0.5, 0.6) is 0 Å². The second-order valence-corrected chi connectivity index (χ2v) is 8.32. The van der Waals surface area contributed by atoms with Gasteiger partial charge in [-0.15, -0.1) is 0 Å². The predicted octanol–water partition coefficient (Wildman–Crippen LogP) is 1.55. The van der Waals surface area contributed by atoms with Gasteiger partial charge in [0.1, 0.15) is 6.04 Å². The molecule has 0 radical (unpaired) electrons. The van der Waals surface area contributed by atoms with Crippen LogP contribution in [-0.4, -0.2) is 45.3 Å². The molecule has 1 aromatic rings. The van der Waals surface area contributed by atoms with Crippen LogP contribution >= 0.6 is 11.8 Å². The van der Waals surface area contributed by atoms with Gasteiger partial charge in [0.15, 0.2) is 0 Å². The van der Waals surface area contributed by atoms with Gasteiger partial charge < -0.3 is 10.4 Å².